The Hall–Kier alpha value is -1.63. The molecular weight excluding hydrogens is 270 g/mol. The number of hydrogen-bond acceptors (Lipinski definition) is 5. The standard InChI is InChI=1S/C14H25N5O2/c1-5-17-8-6-7-12(9-17)15-14-13(19(20)21)11(4)16-18(14)10(2)3/h10,12,15H,5-9H2,1-4H3. The van der Waals surface area contributed by atoms with E-state index in [1.54, 1.807) is 11.6 Å². The van der Waals surface area contributed by atoms with Crippen molar-refractivity contribution in [3.63, 3.8) is 0 Å². The lowest BCUT2D eigenvalue weighted by atomic mass is 10.1. The Morgan fingerprint density at radius 2 is 2.24 bits per heavy atom. The van der Waals surface area contributed by atoms with Crippen LogP contribution in [0.4, 0.5) is 11.5 Å². The van der Waals surface area contributed by atoms with Crippen molar-refractivity contribution in [1.29, 1.82) is 0 Å². The Labute approximate surface area is 125 Å². The van der Waals surface area contributed by atoms with Crippen LogP contribution < -0.4 is 5.32 Å². The van der Waals surface area contributed by atoms with Crippen LogP contribution in [-0.2, 0) is 0 Å². The molecule has 0 bridgehead atoms. The van der Waals surface area contributed by atoms with Crippen LogP contribution in [0.3, 0.4) is 0 Å². The van der Waals surface area contributed by atoms with E-state index in [4.69, 9.17) is 0 Å². The average Bonchev–Trinajstić information content (AvgIpc) is 2.76. The predicted octanol–water partition coefficient (Wildman–Crippen LogP) is 2.58. The zero-order chi connectivity index (χ0) is 15.6. The lowest BCUT2D eigenvalue weighted by molar-refractivity contribution is -0.384. The van der Waals surface area contributed by atoms with Crippen LogP contribution in [0.25, 0.3) is 0 Å². The molecule has 0 radical (unpaired) electrons. The van der Waals surface area contributed by atoms with Crippen molar-refractivity contribution in [3.05, 3.63) is 15.8 Å². The number of nitrogens with zero attached hydrogens (tertiary/aromatic N) is 4. The highest BCUT2D eigenvalue weighted by molar-refractivity contribution is 5.60. The fourth-order valence-corrected chi connectivity index (χ4v) is 2.92. The molecule has 0 aliphatic carbocycles. The molecule has 0 aromatic carbocycles. The largest absolute Gasteiger partial charge is 0.360 e. The normalized spacial score (nSPS) is 20.0. The Balaban J connectivity index is 2.27. The number of nitro groups is 1. The third kappa shape index (κ3) is 3.34. The summed E-state index contributed by atoms with van der Waals surface area (Å²) in [5.41, 5.74) is 0.580. The van der Waals surface area contributed by atoms with Gasteiger partial charge in [-0.25, -0.2) is 4.68 Å². The van der Waals surface area contributed by atoms with Gasteiger partial charge in [-0.2, -0.15) is 5.10 Å². The van der Waals surface area contributed by atoms with Crippen LogP contribution in [0, 0.1) is 17.0 Å². The molecule has 1 aromatic rings. The van der Waals surface area contributed by atoms with Gasteiger partial charge in [0.2, 0.25) is 5.82 Å². The lowest BCUT2D eigenvalue weighted by Gasteiger charge is -2.32. The number of aryl methyl sites for hydroxylation is 1. The van der Waals surface area contributed by atoms with Gasteiger partial charge in [-0.15, -0.1) is 0 Å². The van der Waals surface area contributed by atoms with Gasteiger partial charge in [-0.1, -0.05) is 6.92 Å². The van der Waals surface area contributed by atoms with Crippen LogP contribution in [0.1, 0.15) is 45.3 Å². The highest BCUT2D eigenvalue weighted by atomic mass is 16.6. The molecule has 1 fully saturated rings. The zero-order valence-corrected chi connectivity index (χ0v) is 13.3. The first-order chi connectivity index (χ1) is 9.93. The van der Waals surface area contributed by atoms with Crippen molar-refractivity contribution in [2.45, 2.75) is 52.6 Å². The third-order valence-electron chi connectivity index (χ3n) is 4.02. The Kier molecular flexibility index (Phi) is 4.82. The minimum absolute atomic E-state index is 0.0887. The number of nitrogens with one attached hydrogen (secondary N) is 1. The van der Waals surface area contributed by atoms with Crippen LogP contribution >= 0.6 is 0 Å². The van der Waals surface area contributed by atoms with Crippen LogP contribution in [-0.4, -0.2) is 45.3 Å². The molecular formula is C14H25N5O2. The summed E-state index contributed by atoms with van der Waals surface area (Å²) >= 11 is 0. The minimum atomic E-state index is -0.329. The molecule has 1 aliphatic heterocycles. The number of hydrogen-bond donors (Lipinski definition) is 1. The SMILES string of the molecule is CCN1CCCC(Nc2c([N+](=O)[O-])c(C)nn2C(C)C)C1. The van der Waals surface area contributed by atoms with Gasteiger partial charge in [0.1, 0.15) is 5.69 Å². The van der Waals surface area contributed by atoms with Gasteiger partial charge < -0.3 is 10.2 Å². The van der Waals surface area contributed by atoms with Gasteiger partial charge in [-0.05, 0) is 46.7 Å². The van der Waals surface area contributed by atoms with E-state index >= 15 is 0 Å². The second-order valence-corrected chi connectivity index (χ2v) is 5.95. The quantitative estimate of drug-likeness (QED) is 0.667. The summed E-state index contributed by atoms with van der Waals surface area (Å²) in [6.45, 7) is 10.9. The van der Waals surface area contributed by atoms with Gasteiger partial charge >= 0.3 is 5.69 Å². The predicted molar refractivity (Wildman–Crippen MR) is 82.8 cm³/mol. The molecule has 21 heavy (non-hydrogen) atoms. The molecule has 0 amide bonds. The maximum absolute atomic E-state index is 11.3. The van der Waals surface area contributed by atoms with E-state index in [1.165, 1.54) is 0 Å². The third-order valence-corrected chi connectivity index (χ3v) is 4.02. The summed E-state index contributed by atoms with van der Waals surface area (Å²) in [5, 5.41) is 19.1. The van der Waals surface area contributed by atoms with Gasteiger partial charge in [-0.3, -0.25) is 10.1 Å². The van der Waals surface area contributed by atoms with Crippen molar-refractivity contribution >= 4 is 11.5 Å². The monoisotopic (exact) mass is 295 g/mol. The highest BCUT2D eigenvalue weighted by Gasteiger charge is 2.29. The Morgan fingerprint density at radius 3 is 2.81 bits per heavy atom. The number of anilines is 1. The molecule has 0 saturated carbocycles. The minimum Gasteiger partial charge on any atom is -0.360 e. The molecule has 7 heteroatoms. The molecule has 1 aliphatic rings. The van der Waals surface area contributed by atoms with Crippen molar-refractivity contribution in [3.8, 4) is 0 Å². The fraction of sp³-hybridized carbons (Fsp3) is 0.786. The topological polar surface area (TPSA) is 76.2 Å². The molecule has 118 valence electrons. The van der Waals surface area contributed by atoms with Crippen LogP contribution in [0.2, 0.25) is 0 Å². The molecule has 2 heterocycles. The first-order valence-corrected chi connectivity index (χ1v) is 7.66. The number of rotatable bonds is 5. The second kappa shape index (κ2) is 6.43. The maximum atomic E-state index is 11.3. The number of aromatic nitrogens is 2. The summed E-state index contributed by atoms with van der Waals surface area (Å²) < 4.78 is 1.73. The number of likely N-dealkylation sites (tertiary alicyclic amines) is 1. The van der Waals surface area contributed by atoms with Crippen molar-refractivity contribution in [2.75, 3.05) is 25.0 Å². The summed E-state index contributed by atoms with van der Waals surface area (Å²) in [7, 11) is 0. The number of piperidine rings is 1. The van der Waals surface area contributed by atoms with Crippen molar-refractivity contribution in [2.24, 2.45) is 0 Å². The maximum Gasteiger partial charge on any atom is 0.333 e. The van der Waals surface area contributed by atoms with Crippen LogP contribution in [0.15, 0.2) is 0 Å². The van der Waals surface area contributed by atoms with Crippen LogP contribution in [0.5, 0.6) is 0 Å². The van der Waals surface area contributed by atoms with Gasteiger partial charge in [0.15, 0.2) is 0 Å². The molecule has 0 spiro atoms. The van der Waals surface area contributed by atoms with E-state index in [-0.39, 0.29) is 22.7 Å². The van der Waals surface area contributed by atoms with E-state index in [1.807, 2.05) is 13.8 Å². The van der Waals surface area contributed by atoms with Crippen molar-refractivity contribution < 1.29 is 4.92 Å². The van der Waals surface area contributed by atoms with E-state index in [2.05, 4.69) is 22.2 Å². The summed E-state index contributed by atoms with van der Waals surface area (Å²) in [6.07, 6.45) is 2.16. The smallest absolute Gasteiger partial charge is 0.333 e. The lowest BCUT2D eigenvalue weighted by Crippen LogP contribution is -2.42. The Morgan fingerprint density at radius 1 is 1.52 bits per heavy atom. The van der Waals surface area contributed by atoms with Crippen molar-refractivity contribution in [1.82, 2.24) is 14.7 Å². The molecule has 1 aromatic heterocycles. The van der Waals surface area contributed by atoms with E-state index in [0.717, 1.165) is 32.5 Å². The van der Waals surface area contributed by atoms with E-state index in [0.29, 0.717) is 11.5 Å². The zero-order valence-electron chi connectivity index (χ0n) is 13.3. The highest BCUT2D eigenvalue weighted by Crippen LogP contribution is 2.32. The summed E-state index contributed by atoms with van der Waals surface area (Å²) in [6, 6.07) is 0.330. The fourth-order valence-electron chi connectivity index (χ4n) is 2.92. The molecule has 1 N–H and O–H groups in total. The molecule has 1 saturated heterocycles. The first kappa shape index (κ1) is 15.8. The molecule has 2 rings (SSSR count). The summed E-state index contributed by atoms with van der Waals surface area (Å²) in [4.78, 5) is 13.4. The number of likely N-dealkylation sites (N-methyl/N-ethyl adjacent to an activating group) is 1. The summed E-state index contributed by atoms with van der Waals surface area (Å²) in [5.74, 6) is 0.551. The van der Waals surface area contributed by atoms with Gasteiger partial charge in [0.05, 0.1) is 4.92 Å². The van der Waals surface area contributed by atoms with E-state index in [9.17, 15) is 10.1 Å². The Bertz CT molecular complexity index is 512. The molecule has 1 atom stereocenters. The van der Waals surface area contributed by atoms with E-state index < -0.39 is 0 Å². The van der Waals surface area contributed by atoms with Gasteiger partial charge in [0, 0.05) is 18.6 Å². The molecule has 7 nitrogen and oxygen atoms in total. The first-order valence-electron chi connectivity index (χ1n) is 7.66. The molecule has 1 unspecified atom stereocenters. The average molecular weight is 295 g/mol. The van der Waals surface area contributed by atoms with Gasteiger partial charge in [0.25, 0.3) is 0 Å². The second-order valence-electron chi connectivity index (χ2n) is 5.95.